The largest absolute Gasteiger partial charge is 0.370 e. The number of nitrogens with one attached hydrogen (secondary N) is 1. The molecule has 2 aromatic rings. The number of hydrogen-bond acceptors (Lipinski definition) is 5. The van der Waals surface area contributed by atoms with Crippen molar-refractivity contribution in [2.24, 2.45) is 11.7 Å². The van der Waals surface area contributed by atoms with Gasteiger partial charge >= 0.3 is 0 Å². The second-order valence-electron chi connectivity index (χ2n) is 6.67. The van der Waals surface area contributed by atoms with Gasteiger partial charge in [-0.3, -0.25) is 9.59 Å². The molecule has 0 saturated heterocycles. The van der Waals surface area contributed by atoms with Crippen LogP contribution in [-0.4, -0.2) is 32.3 Å². The van der Waals surface area contributed by atoms with Crippen molar-refractivity contribution in [2.75, 3.05) is 11.1 Å². The maximum atomic E-state index is 13.6. The molecule has 1 aromatic carbocycles. The van der Waals surface area contributed by atoms with Crippen molar-refractivity contribution >= 4 is 29.3 Å². The maximum absolute atomic E-state index is 13.6. The number of aryl methyl sites for hydroxylation is 2. The second-order valence-corrected chi connectivity index (χ2v) is 7.61. The lowest BCUT2D eigenvalue weighted by atomic mass is 10.2. The Morgan fingerprint density at radius 1 is 1.33 bits per heavy atom. The van der Waals surface area contributed by atoms with E-state index in [2.05, 4.69) is 29.4 Å². The SMILES string of the molecule is Cc1ccc(NC(=O)CSc2nnc(CCC(N)=O)n2CC(C)C)cc1F. The lowest BCUT2D eigenvalue weighted by Crippen LogP contribution is -2.16. The van der Waals surface area contributed by atoms with E-state index in [-0.39, 0.29) is 23.9 Å². The first kappa shape index (κ1) is 20.9. The Hall–Kier alpha value is -2.42. The Morgan fingerprint density at radius 3 is 2.70 bits per heavy atom. The molecule has 0 saturated carbocycles. The third kappa shape index (κ3) is 6.35. The molecule has 0 bridgehead atoms. The predicted molar refractivity (Wildman–Crippen MR) is 103 cm³/mol. The summed E-state index contributed by atoms with van der Waals surface area (Å²) < 4.78 is 15.5. The van der Waals surface area contributed by atoms with E-state index in [4.69, 9.17) is 5.73 Å². The molecule has 1 heterocycles. The monoisotopic (exact) mass is 393 g/mol. The first-order chi connectivity index (χ1) is 12.8. The quantitative estimate of drug-likeness (QED) is 0.637. The highest BCUT2D eigenvalue weighted by atomic mass is 32.2. The molecule has 146 valence electrons. The Kier molecular flexibility index (Phi) is 7.35. The molecular formula is C18H24FN5O2S. The Balaban J connectivity index is 2.01. The molecule has 0 unspecified atom stereocenters. The van der Waals surface area contributed by atoms with Gasteiger partial charge in [0.05, 0.1) is 5.75 Å². The molecule has 7 nitrogen and oxygen atoms in total. The molecule has 2 rings (SSSR count). The van der Waals surface area contributed by atoms with Crippen LogP contribution in [0.15, 0.2) is 23.4 Å². The molecule has 27 heavy (non-hydrogen) atoms. The van der Waals surface area contributed by atoms with Crippen molar-refractivity contribution in [2.45, 2.75) is 45.3 Å². The lowest BCUT2D eigenvalue weighted by molar-refractivity contribution is -0.118. The van der Waals surface area contributed by atoms with Crippen LogP contribution in [0.25, 0.3) is 0 Å². The Morgan fingerprint density at radius 2 is 2.07 bits per heavy atom. The molecule has 2 amide bonds. The van der Waals surface area contributed by atoms with Gasteiger partial charge < -0.3 is 15.6 Å². The van der Waals surface area contributed by atoms with Crippen molar-refractivity contribution in [3.63, 3.8) is 0 Å². The molecule has 0 radical (unpaired) electrons. The van der Waals surface area contributed by atoms with Crippen LogP contribution < -0.4 is 11.1 Å². The van der Waals surface area contributed by atoms with Gasteiger partial charge in [-0.1, -0.05) is 31.7 Å². The summed E-state index contributed by atoms with van der Waals surface area (Å²) in [6.45, 7) is 6.46. The summed E-state index contributed by atoms with van der Waals surface area (Å²) in [5, 5.41) is 11.5. The number of anilines is 1. The number of carbonyl (C=O) groups excluding carboxylic acids is 2. The zero-order valence-electron chi connectivity index (χ0n) is 15.7. The Bertz CT molecular complexity index is 822. The normalized spacial score (nSPS) is 11.0. The first-order valence-electron chi connectivity index (χ1n) is 8.65. The van der Waals surface area contributed by atoms with Crippen LogP contribution in [-0.2, 0) is 22.6 Å². The fourth-order valence-corrected chi connectivity index (χ4v) is 3.16. The molecular weight excluding hydrogens is 369 g/mol. The number of hydrogen-bond donors (Lipinski definition) is 2. The van der Waals surface area contributed by atoms with Gasteiger partial charge in [-0.25, -0.2) is 4.39 Å². The number of amides is 2. The second kappa shape index (κ2) is 9.50. The van der Waals surface area contributed by atoms with Crippen LogP contribution in [0.1, 0.15) is 31.7 Å². The summed E-state index contributed by atoms with van der Waals surface area (Å²) in [7, 11) is 0. The highest BCUT2D eigenvalue weighted by molar-refractivity contribution is 7.99. The van der Waals surface area contributed by atoms with Gasteiger partial charge in [0.2, 0.25) is 11.8 Å². The van der Waals surface area contributed by atoms with Crippen molar-refractivity contribution in [3.8, 4) is 0 Å². The molecule has 9 heteroatoms. The van der Waals surface area contributed by atoms with E-state index in [1.165, 1.54) is 17.8 Å². The molecule has 1 aromatic heterocycles. The van der Waals surface area contributed by atoms with E-state index in [9.17, 15) is 14.0 Å². The molecule has 0 aliphatic heterocycles. The zero-order valence-corrected chi connectivity index (χ0v) is 16.5. The molecule has 0 spiro atoms. The summed E-state index contributed by atoms with van der Waals surface area (Å²) in [5.41, 5.74) is 6.14. The van der Waals surface area contributed by atoms with Crippen LogP contribution in [0, 0.1) is 18.7 Å². The first-order valence-corrected chi connectivity index (χ1v) is 9.64. The average Bonchev–Trinajstić information content (AvgIpc) is 2.95. The van der Waals surface area contributed by atoms with Crippen LogP contribution in [0.5, 0.6) is 0 Å². The van der Waals surface area contributed by atoms with Crippen molar-refractivity contribution in [3.05, 3.63) is 35.4 Å². The Labute approximate surface area is 161 Å². The van der Waals surface area contributed by atoms with Crippen molar-refractivity contribution in [1.82, 2.24) is 14.8 Å². The van der Waals surface area contributed by atoms with E-state index in [0.29, 0.717) is 41.1 Å². The molecule has 0 fully saturated rings. The van der Waals surface area contributed by atoms with Gasteiger partial charge in [0.15, 0.2) is 5.16 Å². The number of thioether (sulfide) groups is 1. The van der Waals surface area contributed by atoms with Gasteiger partial charge in [0.25, 0.3) is 0 Å². The minimum Gasteiger partial charge on any atom is -0.370 e. The molecule has 0 aliphatic carbocycles. The fourth-order valence-electron chi connectivity index (χ4n) is 2.39. The summed E-state index contributed by atoms with van der Waals surface area (Å²) in [6.07, 6.45) is 0.602. The number of halogens is 1. The third-order valence-corrected chi connectivity index (χ3v) is 4.69. The number of rotatable bonds is 9. The minimum atomic E-state index is -0.395. The number of aromatic nitrogens is 3. The molecule has 3 N–H and O–H groups in total. The highest BCUT2D eigenvalue weighted by Gasteiger charge is 2.16. The zero-order chi connectivity index (χ0) is 20.0. The van der Waals surface area contributed by atoms with E-state index in [1.54, 1.807) is 19.1 Å². The smallest absolute Gasteiger partial charge is 0.234 e. The standard InChI is InChI=1S/C18H24FN5O2S/c1-11(2)9-24-16(7-6-15(20)25)22-23-18(24)27-10-17(26)21-13-5-4-12(3)14(19)8-13/h4-5,8,11H,6-7,9-10H2,1-3H3,(H2,20,25)(H,21,26). The maximum Gasteiger partial charge on any atom is 0.234 e. The van der Waals surface area contributed by atoms with Crippen LogP contribution in [0.3, 0.4) is 0 Å². The topological polar surface area (TPSA) is 103 Å². The van der Waals surface area contributed by atoms with E-state index in [0.717, 1.165) is 0 Å². The van der Waals surface area contributed by atoms with Gasteiger partial charge in [-0.15, -0.1) is 10.2 Å². The van der Waals surface area contributed by atoms with E-state index >= 15 is 0 Å². The predicted octanol–water partition coefficient (Wildman–Crippen LogP) is 2.53. The van der Waals surface area contributed by atoms with Gasteiger partial charge in [0.1, 0.15) is 11.6 Å². The van der Waals surface area contributed by atoms with E-state index < -0.39 is 5.91 Å². The number of carbonyl (C=O) groups is 2. The van der Waals surface area contributed by atoms with E-state index in [1.807, 2.05) is 4.57 Å². The third-order valence-electron chi connectivity index (χ3n) is 3.72. The minimum absolute atomic E-state index is 0.113. The number of benzene rings is 1. The number of nitrogens with zero attached hydrogens (tertiary/aromatic N) is 3. The fraction of sp³-hybridized carbons (Fsp3) is 0.444. The average molecular weight is 393 g/mol. The van der Waals surface area contributed by atoms with Gasteiger partial charge in [-0.2, -0.15) is 0 Å². The van der Waals surface area contributed by atoms with Gasteiger partial charge in [-0.05, 0) is 30.5 Å². The van der Waals surface area contributed by atoms with Gasteiger partial charge in [0, 0.05) is 25.1 Å². The molecule has 0 aliphatic rings. The lowest BCUT2D eigenvalue weighted by Gasteiger charge is -2.12. The summed E-state index contributed by atoms with van der Waals surface area (Å²) >= 11 is 1.25. The molecule has 0 atom stereocenters. The van der Waals surface area contributed by atoms with Crippen LogP contribution in [0.2, 0.25) is 0 Å². The van der Waals surface area contributed by atoms with Crippen molar-refractivity contribution < 1.29 is 14.0 Å². The number of primary amides is 1. The van der Waals surface area contributed by atoms with Crippen LogP contribution in [0.4, 0.5) is 10.1 Å². The van der Waals surface area contributed by atoms with Crippen molar-refractivity contribution in [1.29, 1.82) is 0 Å². The van der Waals surface area contributed by atoms with Crippen LogP contribution >= 0.6 is 11.8 Å². The summed E-state index contributed by atoms with van der Waals surface area (Å²) in [6, 6.07) is 4.56. The summed E-state index contributed by atoms with van der Waals surface area (Å²) in [4.78, 5) is 23.2. The number of nitrogens with two attached hydrogens (primary N) is 1. The highest BCUT2D eigenvalue weighted by Crippen LogP contribution is 2.20. The summed E-state index contributed by atoms with van der Waals surface area (Å²) in [5.74, 6) is 0.106.